The van der Waals surface area contributed by atoms with Crippen LogP contribution in [0.25, 0.3) is 0 Å². The van der Waals surface area contributed by atoms with E-state index in [0.717, 1.165) is 19.3 Å². The number of hydrogen-bond acceptors (Lipinski definition) is 1. The fraction of sp³-hybridized carbons (Fsp3) is 0.500. The first-order chi connectivity index (χ1) is 7.79. The van der Waals surface area contributed by atoms with Crippen molar-refractivity contribution in [3.05, 3.63) is 35.4 Å². The van der Waals surface area contributed by atoms with Crippen LogP contribution in [0.1, 0.15) is 30.4 Å². The normalized spacial score (nSPS) is 17.8. The maximum atomic E-state index is 11.2. The Kier molecular flexibility index (Phi) is 5.88. The van der Waals surface area contributed by atoms with Crippen molar-refractivity contribution in [1.82, 2.24) is 5.32 Å². The summed E-state index contributed by atoms with van der Waals surface area (Å²) >= 11 is 0. The van der Waals surface area contributed by atoms with Crippen LogP contribution in [0.4, 0.5) is 0 Å². The van der Waals surface area contributed by atoms with Crippen LogP contribution in [0.15, 0.2) is 18.2 Å². The minimum absolute atomic E-state index is 0. The Morgan fingerprint density at radius 3 is 3.12 bits per heavy atom. The molecule has 1 amide bonds. The molecule has 1 aliphatic rings. The topological polar surface area (TPSA) is 29.1 Å². The van der Waals surface area contributed by atoms with Gasteiger partial charge in [0.25, 0.3) is 0 Å². The van der Waals surface area contributed by atoms with E-state index in [1.54, 1.807) is 7.05 Å². The molecule has 1 N–H and O–H groups in total. The van der Waals surface area contributed by atoms with Crippen molar-refractivity contribution in [2.45, 2.75) is 32.1 Å². The van der Waals surface area contributed by atoms with Crippen LogP contribution in [0.5, 0.6) is 0 Å². The number of carbonyl (C=O) groups excluding carboxylic acids is 1. The summed E-state index contributed by atoms with van der Waals surface area (Å²) in [6.45, 7) is 0. The fourth-order valence-corrected chi connectivity index (χ4v) is 2.41. The largest absolute Gasteiger partial charge is 0.359 e. The summed E-state index contributed by atoms with van der Waals surface area (Å²) in [5.41, 5.74) is 2.89. The third-order valence-electron chi connectivity index (χ3n) is 3.44. The van der Waals surface area contributed by atoms with Gasteiger partial charge in [0.15, 0.2) is 0 Å². The van der Waals surface area contributed by atoms with Crippen molar-refractivity contribution in [3.8, 4) is 0 Å². The summed E-state index contributed by atoms with van der Waals surface area (Å²) in [6.07, 6.45) is 5.15. The van der Waals surface area contributed by atoms with Gasteiger partial charge in [0.2, 0.25) is 5.91 Å². The Balaban J connectivity index is 0.00000144. The Labute approximate surface area is 117 Å². The molecule has 93 valence electrons. The Bertz CT molecular complexity index is 378. The van der Waals surface area contributed by atoms with E-state index in [-0.39, 0.29) is 26.3 Å². The van der Waals surface area contributed by atoms with Crippen LogP contribution in [-0.2, 0) is 38.1 Å². The van der Waals surface area contributed by atoms with Crippen molar-refractivity contribution in [1.29, 1.82) is 0 Å². The SMILES string of the molecule is CNC(=O)CCC1CCc2cc[c-]cc2C1.[Re]. The molecule has 0 saturated carbocycles. The van der Waals surface area contributed by atoms with E-state index in [1.165, 1.54) is 17.5 Å². The number of rotatable bonds is 3. The molecular weight excluding hydrogens is 384 g/mol. The summed E-state index contributed by atoms with van der Waals surface area (Å²) in [4.78, 5) is 11.2. The van der Waals surface area contributed by atoms with Crippen LogP contribution >= 0.6 is 0 Å². The molecule has 1 aromatic rings. The van der Waals surface area contributed by atoms with E-state index < -0.39 is 0 Å². The minimum atomic E-state index is 0. The van der Waals surface area contributed by atoms with Crippen LogP contribution in [0.2, 0.25) is 0 Å². The van der Waals surface area contributed by atoms with Crippen molar-refractivity contribution in [2.75, 3.05) is 7.05 Å². The van der Waals surface area contributed by atoms with Gasteiger partial charge in [-0.05, 0) is 18.8 Å². The number of benzene rings is 1. The van der Waals surface area contributed by atoms with Gasteiger partial charge in [-0.1, -0.05) is 12.8 Å². The monoisotopic (exact) mass is 403 g/mol. The molecule has 17 heavy (non-hydrogen) atoms. The van der Waals surface area contributed by atoms with Gasteiger partial charge in [0.05, 0.1) is 0 Å². The number of nitrogens with one attached hydrogen (secondary N) is 1. The molecule has 0 heterocycles. The molecule has 1 aromatic carbocycles. The van der Waals surface area contributed by atoms with E-state index in [1.807, 2.05) is 6.07 Å². The summed E-state index contributed by atoms with van der Waals surface area (Å²) < 4.78 is 0. The maximum absolute atomic E-state index is 11.2. The van der Waals surface area contributed by atoms with Gasteiger partial charge in [-0.2, -0.15) is 35.4 Å². The van der Waals surface area contributed by atoms with Crippen LogP contribution < -0.4 is 5.32 Å². The van der Waals surface area contributed by atoms with E-state index in [0.29, 0.717) is 12.3 Å². The molecule has 0 saturated heterocycles. The standard InChI is InChI=1S/C14H18NO.Re/c1-15-14(16)9-7-11-6-8-12-4-2-3-5-13(12)10-11;/h2,4-5,11H,6-10H2,1H3,(H,15,16);/q-1;. The number of fused-ring (bicyclic) bond motifs is 1. The van der Waals surface area contributed by atoms with Gasteiger partial charge in [-0.15, -0.1) is 0 Å². The summed E-state index contributed by atoms with van der Waals surface area (Å²) in [5.74, 6) is 0.825. The van der Waals surface area contributed by atoms with E-state index in [2.05, 4.69) is 23.5 Å². The predicted octanol–water partition coefficient (Wildman–Crippen LogP) is 2.12. The van der Waals surface area contributed by atoms with E-state index >= 15 is 0 Å². The fourth-order valence-electron chi connectivity index (χ4n) is 2.41. The predicted molar refractivity (Wildman–Crippen MR) is 64.1 cm³/mol. The average molecular weight is 403 g/mol. The van der Waals surface area contributed by atoms with Crippen molar-refractivity contribution < 1.29 is 25.2 Å². The molecule has 2 rings (SSSR count). The van der Waals surface area contributed by atoms with Crippen LogP contribution in [-0.4, -0.2) is 13.0 Å². The first-order valence-electron chi connectivity index (χ1n) is 5.98. The molecule has 3 heteroatoms. The van der Waals surface area contributed by atoms with Gasteiger partial charge in [0.1, 0.15) is 0 Å². The van der Waals surface area contributed by atoms with Gasteiger partial charge in [-0.25, -0.2) is 0 Å². The number of aryl methyl sites for hydroxylation is 1. The second-order valence-corrected chi connectivity index (χ2v) is 4.52. The molecule has 0 bridgehead atoms. The van der Waals surface area contributed by atoms with Gasteiger partial charge >= 0.3 is 0 Å². The third-order valence-corrected chi connectivity index (χ3v) is 3.44. The number of carbonyl (C=O) groups is 1. The molecule has 0 aliphatic heterocycles. The zero-order valence-corrected chi connectivity index (χ0v) is 12.8. The second kappa shape index (κ2) is 6.94. The quantitative estimate of drug-likeness (QED) is 0.771. The molecule has 0 spiro atoms. The second-order valence-electron chi connectivity index (χ2n) is 4.52. The van der Waals surface area contributed by atoms with Crippen molar-refractivity contribution in [3.63, 3.8) is 0 Å². The smallest absolute Gasteiger partial charge is 0.219 e. The molecular formula is C14H18NORe-. The van der Waals surface area contributed by atoms with Crippen LogP contribution in [0.3, 0.4) is 0 Å². The van der Waals surface area contributed by atoms with E-state index in [4.69, 9.17) is 0 Å². The Hall–Kier alpha value is -0.648. The number of hydrogen-bond donors (Lipinski definition) is 1. The molecule has 2 nitrogen and oxygen atoms in total. The molecule has 0 fully saturated rings. The maximum Gasteiger partial charge on any atom is 0.219 e. The first kappa shape index (κ1) is 14.4. The van der Waals surface area contributed by atoms with Gasteiger partial charge in [-0.3, -0.25) is 4.79 Å². The molecule has 1 atom stereocenters. The molecule has 1 aliphatic carbocycles. The third kappa shape index (κ3) is 3.94. The van der Waals surface area contributed by atoms with E-state index in [9.17, 15) is 4.79 Å². The van der Waals surface area contributed by atoms with Gasteiger partial charge in [0, 0.05) is 33.9 Å². The van der Waals surface area contributed by atoms with Gasteiger partial charge < -0.3 is 5.32 Å². The molecule has 1 radical (unpaired) electrons. The first-order valence-corrected chi connectivity index (χ1v) is 5.98. The Morgan fingerprint density at radius 1 is 1.53 bits per heavy atom. The summed E-state index contributed by atoms with van der Waals surface area (Å²) in [7, 11) is 1.70. The summed E-state index contributed by atoms with van der Waals surface area (Å²) in [6, 6.07) is 9.40. The summed E-state index contributed by atoms with van der Waals surface area (Å²) in [5, 5.41) is 2.68. The average Bonchev–Trinajstić information content (AvgIpc) is 2.35. The zero-order chi connectivity index (χ0) is 11.4. The number of amides is 1. The van der Waals surface area contributed by atoms with Crippen molar-refractivity contribution >= 4 is 5.91 Å². The zero-order valence-electron chi connectivity index (χ0n) is 10.1. The Morgan fingerprint density at radius 2 is 2.35 bits per heavy atom. The van der Waals surface area contributed by atoms with Crippen LogP contribution in [0, 0.1) is 12.0 Å². The minimum Gasteiger partial charge on any atom is -0.359 e. The molecule has 1 unspecified atom stereocenters. The van der Waals surface area contributed by atoms with Crippen molar-refractivity contribution in [2.24, 2.45) is 5.92 Å². The molecule has 0 aromatic heterocycles.